The van der Waals surface area contributed by atoms with Crippen molar-refractivity contribution in [3.05, 3.63) is 59.2 Å². The summed E-state index contributed by atoms with van der Waals surface area (Å²) >= 11 is 0. The van der Waals surface area contributed by atoms with Crippen molar-refractivity contribution in [2.45, 2.75) is 58.1 Å². The summed E-state index contributed by atoms with van der Waals surface area (Å²) in [5.41, 5.74) is 4.46. The number of hydrogen-bond acceptors (Lipinski definition) is 4. The fourth-order valence-electron chi connectivity index (χ4n) is 3.82. The zero-order chi connectivity index (χ0) is 22.6. The van der Waals surface area contributed by atoms with Gasteiger partial charge in [0.2, 0.25) is 10.0 Å². The van der Waals surface area contributed by atoms with Crippen LogP contribution >= 0.6 is 0 Å². The van der Waals surface area contributed by atoms with E-state index in [0.29, 0.717) is 17.9 Å². The van der Waals surface area contributed by atoms with Crippen LogP contribution in [0.2, 0.25) is 0 Å². The third-order valence-electron chi connectivity index (χ3n) is 5.87. The fraction of sp³-hybridized carbons (Fsp3) is 0.458. The van der Waals surface area contributed by atoms with E-state index < -0.39 is 16.1 Å². The van der Waals surface area contributed by atoms with Crippen LogP contribution in [0.5, 0.6) is 5.75 Å². The number of amides is 1. The average molecular weight is 445 g/mol. The van der Waals surface area contributed by atoms with Gasteiger partial charge in [-0.3, -0.25) is 9.10 Å². The van der Waals surface area contributed by atoms with E-state index in [0.717, 1.165) is 24.7 Å². The van der Waals surface area contributed by atoms with E-state index in [1.807, 2.05) is 13.8 Å². The number of carbonyl (C=O) groups is 1. The van der Waals surface area contributed by atoms with E-state index in [1.165, 1.54) is 35.3 Å². The molecule has 0 bridgehead atoms. The van der Waals surface area contributed by atoms with Crippen LogP contribution in [0.25, 0.3) is 0 Å². The van der Waals surface area contributed by atoms with Crippen LogP contribution < -0.4 is 14.4 Å². The zero-order valence-corrected chi connectivity index (χ0v) is 19.5. The van der Waals surface area contributed by atoms with Crippen LogP contribution in [0.1, 0.15) is 55.8 Å². The number of carbonyl (C=O) groups excluding carboxylic acids is 1. The van der Waals surface area contributed by atoms with Gasteiger partial charge >= 0.3 is 0 Å². The molecule has 0 unspecified atom stereocenters. The number of rotatable bonds is 8. The molecule has 1 aliphatic carbocycles. The van der Waals surface area contributed by atoms with Crippen molar-refractivity contribution in [2.24, 2.45) is 0 Å². The first kappa shape index (κ1) is 23.1. The Hall–Kier alpha value is -2.54. The van der Waals surface area contributed by atoms with E-state index >= 15 is 0 Å². The van der Waals surface area contributed by atoms with Gasteiger partial charge in [0.15, 0.2) is 6.10 Å². The number of benzene rings is 2. The summed E-state index contributed by atoms with van der Waals surface area (Å²) in [6.07, 6.45) is 5.77. The van der Waals surface area contributed by atoms with Crippen LogP contribution in [0, 0.1) is 0 Å². The van der Waals surface area contributed by atoms with Crippen LogP contribution in [0.15, 0.2) is 42.5 Å². The van der Waals surface area contributed by atoms with Gasteiger partial charge in [-0.2, -0.15) is 0 Å². The Balaban J connectivity index is 1.63. The number of aryl methyl sites for hydroxylation is 2. The molecule has 3 rings (SSSR count). The van der Waals surface area contributed by atoms with E-state index in [1.54, 1.807) is 24.3 Å². The Morgan fingerprint density at radius 1 is 1.10 bits per heavy atom. The number of hydrogen-bond donors (Lipinski definition) is 1. The maximum atomic E-state index is 12.8. The molecule has 0 saturated heterocycles. The molecular weight excluding hydrogens is 412 g/mol. The molecule has 2 atom stereocenters. The van der Waals surface area contributed by atoms with E-state index in [-0.39, 0.29) is 11.9 Å². The number of nitrogens with zero attached hydrogens (tertiary/aromatic N) is 1. The van der Waals surface area contributed by atoms with Crippen molar-refractivity contribution in [1.82, 2.24) is 5.32 Å². The van der Waals surface area contributed by atoms with Gasteiger partial charge in [0.25, 0.3) is 5.91 Å². The summed E-state index contributed by atoms with van der Waals surface area (Å²) in [6.45, 7) is 3.89. The van der Waals surface area contributed by atoms with Crippen molar-refractivity contribution < 1.29 is 17.9 Å². The molecule has 0 aliphatic heterocycles. The average Bonchev–Trinajstić information content (AvgIpc) is 2.76. The van der Waals surface area contributed by atoms with E-state index in [9.17, 15) is 13.2 Å². The standard InChI is InChI=1S/C24H32N2O4S/c1-5-23(30-22-14-12-21(13-15-22)26(3)31(4,28)29)24(27)25-17(2)19-11-10-18-8-6-7-9-20(18)16-19/h10-17,23H,5-9H2,1-4H3,(H,25,27)/t17-,23-/m0/s1. The van der Waals surface area contributed by atoms with Crippen LogP contribution in [-0.4, -0.2) is 33.7 Å². The Bertz CT molecular complexity index is 1020. The molecule has 31 heavy (non-hydrogen) atoms. The molecule has 0 heterocycles. The number of fused-ring (bicyclic) bond motifs is 1. The second-order valence-corrected chi connectivity index (χ2v) is 10.2. The molecule has 7 heteroatoms. The summed E-state index contributed by atoms with van der Waals surface area (Å²) in [6, 6.07) is 13.1. The molecule has 1 aliphatic rings. The topological polar surface area (TPSA) is 75.7 Å². The fourth-order valence-corrected chi connectivity index (χ4v) is 4.33. The molecule has 0 saturated carbocycles. The molecule has 0 spiro atoms. The first-order chi connectivity index (χ1) is 14.7. The van der Waals surface area contributed by atoms with Gasteiger partial charge in [0, 0.05) is 7.05 Å². The molecule has 0 radical (unpaired) electrons. The van der Waals surface area contributed by atoms with Crippen molar-refractivity contribution in [3.63, 3.8) is 0 Å². The highest BCUT2D eigenvalue weighted by Gasteiger charge is 2.22. The lowest BCUT2D eigenvalue weighted by molar-refractivity contribution is -0.128. The van der Waals surface area contributed by atoms with Crippen LogP contribution in [0.3, 0.4) is 0 Å². The first-order valence-electron chi connectivity index (χ1n) is 10.8. The molecule has 2 aromatic rings. The van der Waals surface area contributed by atoms with Crippen molar-refractivity contribution in [1.29, 1.82) is 0 Å². The molecule has 0 aromatic heterocycles. The van der Waals surface area contributed by atoms with Gasteiger partial charge in [0.05, 0.1) is 18.0 Å². The lowest BCUT2D eigenvalue weighted by atomic mass is 9.89. The van der Waals surface area contributed by atoms with Crippen molar-refractivity contribution in [2.75, 3.05) is 17.6 Å². The van der Waals surface area contributed by atoms with Crippen molar-refractivity contribution in [3.8, 4) is 5.75 Å². The summed E-state index contributed by atoms with van der Waals surface area (Å²) in [7, 11) is -1.83. The predicted molar refractivity (Wildman–Crippen MR) is 124 cm³/mol. The summed E-state index contributed by atoms with van der Waals surface area (Å²) in [5.74, 6) is 0.360. The van der Waals surface area contributed by atoms with Crippen molar-refractivity contribution >= 4 is 21.6 Å². The molecule has 1 N–H and O–H groups in total. The second kappa shape index (κ2) is 9.73. The highest BCUT2D eigenvalue weighted by Crippen LogP contribution is 2.25. The Morgan fingerprint density at radius 3 is 2.35 bits per heavy atom. The molecule has 0 fully saturated rings. The smallest absolute Gasteiger partial charge is 0.261 e. The summed E-state index contributed by atoms with van der Waals surface area (Å²) in [4.78, 5) is 12.8. The minimum Gasteiger partial charge on any atom is -0.481 e. The molecular formula is C24H32N2O4S. The van der Waals surface area contributed by atoms with E-state index in [4.69, 9.17) is 4.74 Å². The van der Waals surface area contributed by atoms with Gasteiger partial charge in [-0.15, -0.1) is 0 Å². The number of anilines is 1. The minimum absolute atomic E-state index is 0.108. The maximum Gasteiger partial charge on any atom is 0.261 e. The Morgan fingerprint density at radius 2 is 1.74 bits per heavy atom. The highest BCUT2D eigenvalue weighted by atomic mass is 32.2. The van der Waals surface area contributed by atoms with Gasteiger partial charge in [-0.25, -0.2) is 8.42 Å². The van der Waals surface area contributed by atoms with E-state index in [2.05, 4.69) is 23.5 Å². The Labute approximate surface area is 185 Å². The Kier molecular flexibility index (Phi) is 7.26. The maximum absolute atomic E-state index is 12.8. The van der Waals surface area contributed by atoms with Gasteiger partial charge < -0.3 is 10.1 Å². The predicted octanol–water partition coefficient (Wildman–Crippen LogP) is 4.00. The summed E-state index contributed by atoms with van der Waals surface area (Å²) in [5, 5.41) is 3.07. The third kappa shape index (κ3) is 5.79. The first-order valence-corrected chi connectivity index (χ1v) is 12.7. The number of sulfonamides is 1. The monoisotopic (exact) mass is 444 g/mol. The van der Waals surface area contributed by atoms with Gasteiger partial charge in [0.1, 0.15) is 5.75 Å². The molecule has 2 aromatic carbocycles. The lowest BCUT2D eigenvalue weighted by Crippen LogP contribution is -2.39. The summed E-state index contributed by atoms with van der Waals surface area (Å²) < 4.78 is 30.4. The molecule has 6 nitrogen and oxygen atoms in total. The quantitative estimate of drug-likeness (QED) is 0.668. The van der Waals surface area contributed by atoms with Gasteiger partial charge in [-0.1, -0.05) is 25.1 Å². The largest absolute Gasteiger partial charge is 0.481 e. The lowest BCUT2D eigenvalue weighted by Gasteiger charge is -2.23. The molecule has 168 valence electrons. The van der Waals surface area contributed by atoms with Crippen LogP contribution in [0.4, 0.5) is 5.69 Å². The van der Waals surface area contributed by atoms with Crippen LogP contribution in [-0.2, 0) is 27.7 Å². The normalized spacial score (nSPS) is 15.5. The second-order valence-electron chi connectivity index (χ2n) is 8.20. The zero-order valence-electron chi connectivity index (χ0n) is 18.7. The van der Waals surface area contributed by atoms with Gasteiger partial charge in [-0.05, 0) is 80.0 Å². The third-order valence-corrected chi connectivity index (χ3v) is 7.08. The SMILES string of the molecule is CC[C@H](Oc1ccc(N(C)S(C)(=O)=O)cc1)C(=O)N[C@@H](C)c1ccc2c(c1)CCCC2. The minimum atomic E-state index is -3.33. The molecule has 1 amide bonds. The number of ether oxygens (including phenoxy) is 1. The number of nitrogens with one attached hydrogen (secondary N) is 1. The highest BCUT2D eigenvalue weighted by molar-refractivity contribution is 7.92.